The third-order valence-corrected chi connectivity index (χ3v) is 4.73. The first-order valence-electron chi connectivity index (χ1n) is 8.10. The number of para-hydroxylation sites is 1. The molecule has 0 spiro atoms. The lowest BCUT2D eigenvalue weighted by atomic mass is 10.1. The molecule has 0 aromatic heterocycles. The number of halogens is 2. The Morgan fingerprint density at radius 1 is 1.09 bits per heavy atom. The highest BCUT2D eigenvalue weighted by molar-refractivity contribution is 5.99. The number of carbonyl (C=O) groups excluding carboxylic acids is 1. The number of carbonyl (C=O) groups is 1. The lowest BCUT2D eigenvalue weighted by molar-refractivity contribution is 0.0783. The molecule has 2 N–H and O–H groups in total. The van der Waals surface area contributed by atoms with E-state index in [9.17, 15) is 4.79 Å². The number of rotatable bonds is 3. The molecule has 2 heterocycles. The van der Waals surface area contributed by atoms with Crippen LogP contribution in [0.15, 0.2) is 24.3 Å². The third kappa shape index (κ3) is 5.00. The first-order chi connectivity index (χ1) is 10.2. The molecule has 3 rings (SSSR count). The minimum absolute atomic E-state index is 0. The molecule has 2 fully saturated rings. The van der Waals surface area contributed by atoms with Crippen molar-refractivity contribution >= 4 is 36.4 Å². The maximum Gasteiger partial charge on any atom is 0.255 e. The van der Waals surface area contributed by atoms with E-state index in [1.807, 2.05) is 23.1 Å². The first-order valence-corrected chi connectivity index (χ1v) is 8.10. The predicted molar refractivity (Wildman–Crippen MR) is 99.7 cm³/mol. The second kappa shape index (κ2) is 9.36. The number of anilines is 1. The number of piperidine rings is 1. The monoisotopic (exact) mass is 359 g/mol. The summed E-state index contributed by atoms with van der Waals surface area (Å²) in [5, 5.41) is 0. The van der Waals surface area contributed by atoms with E-state index in [1.165, 1.54) is 32.4 Å². The molecule has 6 heteroatoms. The smallest absolute Gasteiger partial charge is 0.255 e. The third-order valence-electron chi connectivity index (χ3n) is 4.73. The summed E-state index contributed by atoms with van der Waals surface area (Å²) < 4.78 is 0. The quantitative estimate of drug-likeness (QED) is 0.843. The molecular formula is C17H27Cl2N3O. The van der Waals surface area contributed by atoms with Crippen molar-refractivity contribution in [3.05, 3.63) is 29.8 Å². The predicted octanol–water partition coefficient (Wildman–Crippen LogP) is 3.06. The van der Waals surface area contributed by atoms with E-state index in [0.29, 0.717) is 17.2 Å². The van der Waals surface area contributed by atoms with Crippen molar-refractivity contribution in [2.45, 2.75) is 25.7 Å². The van der Waals surface area contributed by atoms with Crippen LogP contribution in [0.1, 0.15) is 36.0 Å². The Morgan fingerprint density at radius 3 is 2.48 bits per heavy atom. The van der Waals surface area contributed by atoms with Crippen molar-refractivity contribution in [1.82, 2.24) is 9.80 Å². The molecule has 1 atom stereocenters. The van der Waals surface area contributed by atoms with Gasteiger partial charge in [-0.15, -0.1) is 24.8 Å². The zero-order chi connectivity index (χ0) is 14.7. The normalized spacial score (nSPS) is 21.4. The summed E-state index contributed by atoms with van der Waals surface area (Å²) >= 11 is 0. The van der Waals surface area contributed by atoms with Crippen LogP contribution in [-0.2, 0) is 0 Å². The summed E-state index contributed by atoms with van der Waals surface area (Å²) in [6, 6.07) is 7.38. The topological polar surface area (TPSA) is 49.6 Å². The average molecular weight is 360 g/mol. The summed E-state index contributed by atoms with van der Waals surface area (Å²) in [6.07, 6.45) is 5.15. The molecular weight excluding hydrogens is 333 g/mol. The number of hydrogen-bond donors (Lipinski definition) is 1. The Bertz CT molecular complexity index is 506. The van der Waals surface area contributed by atoms with Crippen molar-refractivity contribution in [2.75, 3.05) is 38.5 Å². The Balaban J connectivity index is 0.00000132. The fourth-order valence-electron chi connectivity index (χ4n) is 3.54. The summed E-state index contributed by atoms with van der Waals surface area (Å²) in [7, 11) is 0. The summed E-state index contributed by atoms with van der Waals surface area (Å²) in [5.41, 5.74) is 7.15. The van der Waals surface area contributed by atoms with Crippen LogP contribution in [0.5, 0.6) is 0 Å². The molecule has 2 saturated heterocycles. The van der Waals surface area contributed by atoms with E-state index in [2.05, 4.69) is 4.90 Å². The molecule has 1 aromatic rings. The summed E-state index contributed by atoms with van der Waals surface area (Å²) in [5.74, 6) is 0.714. The standard InChI is InChI=1S/C17H25N3O.2ClH/c18-16-7-3-2-6-15(16)17(21)20-11-8-14(13-20)12-19-9-4-1-5-10-19;;/h2-3,6-7,14H,1,4-5,8-13,18H2;2*1H. The number of nitrogens with two attached hydrogens (primary N) is 1. The van der Waals surface area contributed by atoms with Gasteiger partial charge in [0.25, 0.3) is 5.91 Å². The zero-order valence-corrected chi connectivity index (χ0v) is 15.1. The van der Waals surface area contributed by atoms with Gasteiger partial charge in [-0.25, -0.2) is 0 Å². The van der Waals surface area contributed by atoms with Crippen molar-refractivity contribution in [1.29, 1.82) is 0 Å². The molecule has 2 aliphatic rings. The number of likely N-dealkylation sites (tertiary alicyclic amines) is 2. The van der Waals surface area contributed by atoms with Crippen molar-refractivity contribution in [3.63, 3.8) is 0 Å². The molecule has 23 heavy (non-hydrogen) atoms. The van der Waals surface area contributed by atoms with E-state index < -0.39 is 0 Å². The number of amides is 1. The molecule has 1 amide bonds. The number of nitrogens with zero attached hydrogens (tertiary/aromatic N) is 2. The van der Waals surface area contributed by atoms with Gasteiger partial charge in [-0.3, -0.25) is 4.79 Å². The van der Waals surface area contributed by atoms with Gasteiger partial charge >= 0.3 is 0 Å². The van der Waals surface area contributed by atoms with E-state index in [4.69, 9.17) is 5.73 Å². The number of hydrogen-bond acceptors (Lipinski definition) is 3. The Labute approximate surface area is 151 Å². The molecule has 0 radical (unpaired) electrons. The highest BCUT2D eigenvalue weighted by Crippen LogP contribution is 2.23. The fourth-order valence-corrected chi connectivity index (χ4v) is 3.54. The Morgan fingerprint density at radius 2 is 1.78 bits per heavy atom. The molecule has 130 valence electrons. The maximum atomic E-state index is 12.5. The summed E-state index contributed by atoms with van der Waals surface area (Å²) in [6.45, 7) is 5.36. The van der Waals surface area contributed by atoms with Gasteiger partial charge in [0.2, 0.25) is 0 Å². The van der Waals surface area contributed by atoms with Gasteiger partial charge in [-0.1, -0.05) is 18.6 Å². The molecule has 2 aliphatic heterocycles. The second-order valence-corrected chi connectivity index (χ2v) is 6.35. The van der Waals surface area contributed by atoms with Crippen LogP contribution in [0.25, 0.3) is 0 Å². The lowest BCUT2D eigenvalue weighted by Gasteiger charge is -2.29. The van der Waals surface area contributed by atoms with E-state index in [-0.39, 0.29) is 30.7 Å². The molecule has 0 aliphatic carbocycles. The van der Waals surface area contributed by atoms with Crippen LogP contribution in [0.3, 0.4) is 0 Å². The van der Waals surface area contributed by atoms with Gasteiger partial charge in [-0.05, 0) is 50.4 Å². The summed E-state index contributed by atoms with van der Waals surface area (Å²) in [4.78, 5) is 17.1. The van der Waals surface area contributed by atoms with Crippen molar-refractivity contribution in [3.8, 4) is 0 Å². The van der Waals surface area contributed by atoms with Gasteiger partial charge in [0.1, 0.15) is 0 Å². The van der Waals surface area contributed by atoms with Crippen molar-refractivity contribution < 1.29 is 4.79 Å². The van der Waals surface area contributed by atoms with Crippen LogP contribution < -0.4 is 5.73 Å². The molecule has 1 aromatic carbocycles. The largest absolute Gasteiger partial charge is 0.398 e. The molecule has 1 unspecified atom stereocenters. The SMILES string of the molecule is Cl.Cl.Nc1ccccc1C(=O)N1CCC(CN2CCCCC2)C1. The highest BCUT2D eigenvalue weighted by atomic mass is 35.5. The molecule has 4 nitrogen and oxygen atoms in total. The lowest BCUT2D eigenvalue weighted by Crippen LogP contribution is -2.36. The van der Waals surface area contributed by atoms with Crippen LogP contribution in [0.4, 0.5) is 5.69 Å². The van der Waals surface area contributed by atoms with Crippen LogP contribution in [0, 0.1) is 5.92 Å². The van der Waals surface area contributed by atoms with Gasteiger partial charge in [-0.2, -0.15) is 0 Å². The Hall–Kier alpha value is -0.970. The van der Waals surface area contributed by atoms with Gasteiger partial charge < -0.3 is 15.5 Å². The minimum atomic E-state index is 0. The number of nitrogen functional groups attached to an aromatic ring is 1. The van der Waals surface area contributed by atoms with Crippen LogP contribution >= 0.6 is 24.8 Å². The fraction of sp³-hybridized carbons (Fsp3) is 0.588. The zero-order valence-electron chi connectivity index (χ0n) is 13.4. The first kappa shape index (κ1) is 20.1. The van der Waals surface area contributed by atoms with E-state index in [0.717, 1.165) is 26.1 Å². The molecule has 0 saturated carbocycles. The van der Waals surface area contributed by atoms with Gasteiger partial charge in [0.15, 0.2) is 0 Å². The average Bonchev–Trinajstić information content (AvgIpc) is 2.97. The minimum Gasteiger partial charge on any atom is -0.398 e. The van der Waals surface area contributed by atoms with E-state index >= 15 is 0 Å². The van der Waals surface area contributed by atoms with Crippen LogP contribution in [0.2, 0.25) is 0 Å². The highest BCUT2D eigenvalue weighted by Gasteiger charge is 2.29. The van der Waals surface area contributed by atoms with Crippen LogP contribution in [-0.4, -0.2) is 48.4 Å². The Kier molecular flexibility index (Phi) is 8.17. The number of benzene rings is 1. The molecule has 0 bridgehead atoms. The maximum absolute atomic E-state index is 12.5. The van der Waals surface area contributed by atoms with Gasteiger partial charge in [0, 0.05) is 25.3 Å². The van der Waals surface area contributed by atoms with Gasteiger partial charge in [0.05, 0.1) is 5.56 Å². The van der Waals surface area contributed by atoms with Crippen molar-refractivity contribution in [2.24, 2.45) is 5.92 Å². The van der Waals surface area contributed by atoms with E-state index in [1.54, 1.807) is 6.07 Å². The second-order valence-electron chi connectivity index (χ2n) is 6.35.